The van der Waals surface area contributed by atoms with Gasteiger partial charge in [0.15, 0.2) is 0 Å². The smallest absolute Gasteiger partial charge is 0.270 e. The van der Waals surface area contributed by atoms with Crippen LogP contribution < -0.4 is 4.90 Å². The Labute approximate surface area is 107 Å². The zero-order chi connectivity index (χ0) is 12.3. The van der Waals surface area contributed by atoms with Crippen LogP contribution in [0.1, 0.15) is 6.92 Å². The van der Waals surface area contributed by atoms with Crippen LogP contribution >= 0.6 is 22.6 Å². The Morgan fingerprint density at radius 3 is 2.69 bits per heavy atom. The quantitative estimate of drug-likeness (QED) is 0.519. The van der Waals surface area contributed by atoms with E-state index in [1.165, 1.54) is 12.1 Å². The third-order valence-corrected chi connectivity index (χ3v) is 2.96. The van der Waals surface area contributed by atoms with Gasteiger partial charge in [-0.3, -0.25) is 10.1 Å². The maximum absolute atomic E-state index is 10.6. The SMILES string of the molecule is CC(O)CN(C)c1ccc([N+](=O)[O-])cc1I. The molecule has 0 saturated heterocycles. The van der Waals surface area contributed by atoms with Crippen molar-refractivity contribution in [1.29, 1.82) is 0 Å². The maximum Gasteiger partial charge on any atom is 0.270 e. The average Bonchev–Trinajstić information content (AvgIpc) is 2.15. The molecule has 1 unspecified atom stereocenters. The Balaban J connectivity index is 2.94. The molecule has 88 valence electrons. The topological polar surface area (TPSA) is 66.6 Å². The van der Waals surface area contributed by atoms with Crippen molar-refractivity contribution >= 4 is 34.0 Å². The van der Waals surface area contributed by atoms with Crippen LogP contribution in [-0.2, 0) is 0 Å². The summed E-state index contributed by atoms with van der Waals surface area (Å²) in [5.74, 6) is 0. The lowest BCUT2D eigenvalue weighted by molar-refractivity contribution is -0.384. The van der Waals surface area contributed by atoms with Gasteiger partial charge in [0.25, 0.3) is 5.69 Å². The van der Waals surface area contributed by atoms with E-state index in [-0.39, 0.29) is 5.69 Å². The summed E-state index contributed by atoms with van der Waals surface area (Å²) >= 11 is 2.05. The summed E-state index contributed by atoms with van der Waals surface area (Å²) in [6, 6.07) is 4.69. The number of hydrogen-bond acceptors (Lipinski definition) is 4. The average molecular weight is 336 g/mol. The molecule has 0 amide bonds. The van der Waals surface area contributed by atoms with Gasteiger partial charge in [-0.2, -0.15) is 0 Å². The monoisotopic (exact) mass is 336 g/mol. The van der Waals surface area contributed by atoms with Gasteiger partial charge in [-0.05, 0) is 35.6 Å². The molecular weight excluding hydrogens is 323 g/mol. The van der Waals surface area contributed by atoms with Crippen LogP contribution in [0.3, 0.4) is 0 Å². The van der Waals surface area contributed by atoms with E-state index in [1.807, 2.05) is 11.9 Å². The third-order valence-electron chi connectivity index (χ3n) is 2.09. The number of halogens is 1. The lowest BCUT2D eigenvalue weighted by Gasteiger charge is -2.21. The van der Waals surface area contributed by atoms with Crippen molar-refractivity contribution in [2.24, 2.45) is 0 Å². The second-order valence-corrected chi connectivity index (χ2v) is 4.78. The highest BCUT2D eigenvalue weighted by molar-refractivity contribution is 14.1. The first-order valence-corrected chi connectivity index (χ1v) is 5.83. The maximum atomic E-state index is 10.6. The van der Waals surface area contributed by atoms with E-state index in [2.05, 4.69) is 22.6 Å². The number of non-ortho nitro benzene ring substituents is 1. The minimum atomic E-state index is -0.434. The minimum absolute atomic E-state index is 0.0820. The van der Waals surface area contributed by atoms with Crippen LogP contribution in [0.5, 0.6) is 0 Å². The molecule has 16 heavy (non-hydrogen) atoms. The number of benzene rings is 1. The predicted molar refractivity (Wildman–Crippen MR) is 70.8 cm³/mol. The van der Waals surface area contributed by atoms with Crippen LogP contribution in [0.2, 0.25) is 0 Å². The normalized spacial score (nSPS) is 12.2. The second-order valence-electron chi connectivity index (χ2n) is 3.62. The highest BCUT2D eigenvalue weighted by Crippen LogP contribution is 2.26. The molecule has 0 spiro atoms. The number of hydrogen-bond donors (Lipinski definition) is 1. The zero-order valence-corrected chi connectivity index (χ0v) is 11.2. The molecule has 0 aliphatic carbocycles. The fourth-order valence-electron chi connectivity index (χ4n) is 1.41. The van der Waals surface area contributed by atoms with Crippen LogP contribution in [0, 0.1) is 13.7 Å². The summed E-state index contributed by atoms with van der Waals surface area (Å²) in [5.41, 5.74) is 0.964. The van der Waals surface area contributed by atoms with Crippen molar-refractivity contribution in [1.82, 2.24) is 0 Å². The number of nitrogens with zero attached hydrogens (tertiary/aromatic N) is 2. The Morgan fingerprint density at radius 2 is 2.25 bits per heavy atom. The first-order chi connectivity index (χ1) is 7.41. The highest BCUT2D eigenvalue weighted by atomic mass is 127. The standard InChI is InChI=1S/C10H13IN2O3/c1-7(14)6-12(2)10-4-3-8(13(15)16)5-9(10)11/h3-5,7,14H,6H2,1-2H3. The molecule has 1 aromatic rings. The molecule has 5 nitrogen and oxygen atoms in total. The molecule has 1 rings (SSSR count). The van der Waals surface area contributed by atoms with Gasteiger partial charge >= 0.3 is 0 Å². The summed E-state index contributed by atoms with van der Waals surface area (Å²) in [5, 5.41) is 19.8. The van der Waals surface area contributed by atoms with Crippen molar-refractivity contribution in [3.8, 4) is 0 Å². The first-order valence-electron chi connectivity index (χ1n) is 4.75. The fourth-order valence-corrected chi connectivity index (χ4v) is 2.32. The van der Waals surface area contributed by atoms with Crippen molar-refractivity contribution in [3.63, 3.8) is 0 Å². The Bertz CT molecular complexity index is 396. The molecule has 0 saturated carbocycles. The number of nitro groups is 1. The van der Waals surface area contributed by atoms with Gasteiger partial charge < -0.3 is 10.0 Å². The van der Waals surface area contributed by atoms with E-state index in [4.69, 9.17) is 0 Å². The van der Waals surface area contributed by atoms with E-state index >= 15 is 0 Å². The van der Waals surface area contributed by atoms with Gasteiger partial charge in [0.05, 0.1) is 16.7 Å². The molecule has 1 atom stereocenters. The summed E-state index contributed by atoms with van der Waals surface area (Å²) in [6.45, 7) is 2.20. The Morgan fingerprint density at radius 1 is 1.62 bits per heavy atom. The van der Waals surface area contributed by atoms with Crippen molar-refractivity contribution in [3.05, 3.63) is 31.9 Å². The van der Waals surface area contributed by atoms with E-state index in [0.29, 0.717) is 6.54 Å². The molecule has 0 bridgehead atoms. The van der Waals surface area contributed by atoms with Gasteiger partial charge in [-0.25, -0.2) is 0 Å². The molecule has 1 N–H and O–H groups in total. The Kier molecular flexibility index (Phi) is 4.48. The fraction of sp³-hybridized carbons (Fsp3) is 0.400. The summed E-state index contributed by atoms with van der Waals surface area (Å²) in [7, 11) is 1.84. The lowest BCUT2D eigenvalue weighted by Crippen LogP contribution is -2.27. The molecule has 0 fully saturated rings. The van der Waals surface area contributed by atoms with E-state index in [1.54, 1.807) is 13.0 Å². The molecule has 1 aromatic carbocycles. The highest BCUT2D eigenvalue weighted by Gasteiger charge is 2.12. The predicted octanol–water partition coefficient (Wildman–Crippen LogP) is 2.02. The molecular formula is C10H13IN2O3. The molecule has 0 heterocycles. The molecule has 0 radical (unpaired) electrons. The molecule has 6 heteroatoms. The lowest BCUT2D eigenvalue weighted by atomic mass is 10.2. The number of anilines is 1. The number of nitro benzene ring substituents is 1. The van der Waals surface area contributed by atoms with Crippen molar-refractivity contribution in [2.75, 3.05) is 18.5 Å². The van der Waals surface area contributed by atoms with Gasteiger partial charge in [-0.1, -0.05) is 0 Å². The van der Waals surface area contributed by atoms with Gasteiger partial charge in [0, 0.05) is 29.3 Å². The van der Waals surface area contributed by atoms with Crippen LogP contribution in [0.25, 0.3) is 0 Å². The zero-order valence-electron chi connectivity index (χ0n) is 9.05. The van der Waals surface area contributed by atoms with Crippen molar-refractivity contribution < 1.29 is 10.0 Å². The summed E-state index contributed by atoms with van der Waals surface area (Å²) in [6.07, 6.45) is -0.434. The number of aliphatic hydroxyl groups is 1. The van der Waals surface area contributed by atoms with Gasteiger partial charge in [-0.15, -0.1) is 0 Å². The third kappa shape index (κ3) is 3.31. The number of rotatable bonds is 4. The van der Waals surface area contributed by atoms with E-state index in [9.17, 15) is 15.2 Å². The second kappa shape index (κ2) is 5.44. The van der Waals surface area contributed by atoms with Gasteiger partial charge in [0.2, 0.25) is 0 Å². The van der Waals surface area contributed by atoms with Crippen LogP contribution in [-0.4, -0.2) is 29.7 Å². The number of aliphatic hydroxyl groups excluding tert-OH is 1. The minimum Gasteiger partial charge on any atom is -0.392 e. The summed E-state index contributed by atoms with van der Waals surface area (Å²) in [4.78, 5) is 12.0. The van der Waals surface area contributed by atoms with E-state index in [0.717, 1.165) is 9.26 Å². The first kappa shape index (κ1) is 13.2. The van der Waals surface area contributed by atoms with Gasteiger partial charge in [0.1, 0.15) is 0 Å². The molecule has 0 aromatic heterocycles. The number of likely N-dealkylation sites (N-methyl/N-ethyl adjacent to an activating group) is 1. The van der Waals surface area contributed by atoms with Crippen LogP contribution in [0.15, 0.2) is 18.2 Å². The summed E-state index contributed by atoms with van der Waals surface area (Å²) < 4.78 is 0.801. The van der Waals surface area contributed by atoms with Crippen LogP contribution in [0.4, 0.5) is 11.4 Å². The van der Waals surface area contributed by atoms with E-state index < -0.39 is 11.0 Å². The molecule has 0 aliphatic rings. The Hall–Kier alpha value is -0.890. The molecule has 0 aliphatic heterocycles. The van der Waals surface area contributed by atoms with Crippen molar-refractivity contribution in [2.45, 2.75) is 13.0 Å². The largest absolute Gasteiger partial charge is 0.392 e.